The number of hydrogen-bond acceptors (Lipinski definition) is 2. The Morgan fingerprint density at radius 1 is 1.36 bits per heavy atom. The zero-order chi connectivity index (χ0) is 16.9. The predicted molar refractivity (Wildman–Crippen MR) is 81.4 cm³/mol. The standard InChI is InChI=1S/C16H24F2N2O2/c1-5-10(2)16(4,22)9-19-15(21)20-11(3)13-7-6-12(17)8-14(13)18/h6-8,10-11,22H,5,9H2,1-4H3,(H2,19,20,21). The summed E-state index contributed by atoms with van der Waals surface area (Å²) < 4.78 is 26.5. The van der Waals surface area contributed by atoms with Gasteiger partial charge in [0.2, 0.25) is 0 Å². The fourth-order valence-electron chi connectivity index (χ4n) is 2.05. The number of halogens is 2. The van der Waals surface area contributed by atoms with Crippen LogP contribution in [0.1, 0.15) is 45.7 Å². The van der Waals surface area contributed by atoms with Crippen LogP contribution in [-0.4, -0.2) is 23.3 Å². The van der Waals surface area contributed by atoms with Gasteiger partial charge >= 0.3 is 6.03 Å². The van der Waals surface area contributed by atoms with Gasteiger partial charge in [-0.15, -0.1) is 0 Å². The second-order valence-electron chi connectivity index (χ2n) is 5.88. The highest BCUT2D eigenvalue weighted by Gasteiger charge is 2.27. The molecule has 1 aromatic carbocycles. The number of hydrogen-bond donors (Lipinski definition) is 3. The minimum Gasteiger partial charge on any atom is -0.388 e. The van der Waals surface area contributed by atoms with Crippen LogP contribution < -0.4 is 10.6 Å². The lowest BCUT2D eigenvalue weighted by Gasteiger charge is -2.30. The van der Waals surface area contributed by atoms with E-state index in [1.807, 2.05) is 13.8 Å². The van der Waals surface area contributed by atoms with Gasteiger partial charge in [0.25, 0.3) is 0 Å². The minimum absolute atomic E-state index is 0.0276. The van der Waals surface area contributed by atoms with Crippen LogP contribution in [0.4, 0.5) is 13.6 Å². The van der Waals surface area contributed by atoms with E-state index in [9.17, 15) is 18.7 Å². The summed E-state index contributed by atoms with van der Waals surface area (Å²) in [7, 11) is 0. The summed E-state index contributed by atoms with van der Waals surface area (Å²) in [5.41, 5.74) is -0.818. The van der Waals surface area contributed by atoms with E-state index in [0.717, 1.165) is 18.6 Å². The van der Waals surface area contributed by atoms with Crippen LogP contribution in [0.3, 0.4) is 0 Å². The van der Waals surface area contributed by atoms with Crippen molar-refractivity contribution in [2.24, 2.45) is 5.92 Å². The van der Waals surface area contributed by atoms with Gasteiger partial charge in [-0.2, -0.15) is 0 Å². The first-order valence-corrected chi connectivity index (χ1v) is 7.39. The lowest BCUT2D eigenvalue weighted by atomic mass is 9.89. The van der Waals surface area contributed by atoms with Gasteiger partial charge in [0.05, 0.1) is 11.6 Å². The fourth-order valence-corrected chi connectivity index (χ4v) is 2.05. The maximum absolute atomic E-state index is 13.6. The summed E-state index contributed by atoms with van der Waals surface area (Å²) in [6.07, 6.45) is 0.785. The van der Waals surface area contributed by atoms with E-state index in [1.54, 1.807) is 13.8 Å². The topological polar surface area (TPSA) is 61.4 Å². The third-order valence-electron chi connectivity index (χ3n) is 4.06. The molecule has 4 nitrogen and oxygen atoms in total. The Balaban J connectivity index is 2.58. The average molecular weight is 314 g/mol. The highest BCUT2D eigenvalue weighted by atomic mass is 19.1. The Morgan fingerprint density at radius 3 is 2.55 bits per heavy atom. The molecule has 3 atom stereocenters. The smallest absolute Gasteiger partial charge is 0.315 e. The van der Waals surface area contributed by atoms with E-state index >= 15 is 0 Å². The van der Waals surface area contributed by atoms with Gasteiger partial charge in [-0.05, 0) is 25.8 Å². The highest BCUT2D eigenvalue weighted by molar-refractivity contribution is 5.74. The summed E-state index contributed by atoms with van der Waals surface area (Å²) >= 11 is 0. The second-order valence-corrected chi connectivity index (χ2v) is 5.88. The summed E-state index contributed by atoms with van der Waals surface area (Å²) in [5.74, 6) is -1.35. The first-order chi connectivity index (χ1) is 10.2. The monoisotopic (exact) mass is 314 g/mol. The molecule has 3 N–H and O–H groups in total. The molecule has 1 aromatic rings. The third-order valence-corrected chi connectivity index (χ3v) is 4.06. The molecular weight excluding hydrogens is 290 g/mol. The van der Waals surface area contributed by atoms with Crippen LogP contribution in [0.5, 0.6) is 0 Å². The lowest BCUT2D eigenvalue weighted by Crippen LogP contribution is -2.48. The molecule has 0 radical (unpaired) electrons. The van der Waals surface area contributed by atoms with Crippen molar-refractivity contribution < 1.29 is 18.7 Å². The van der Waals surface area contributed by atoms with E-state index < -0.39 is 29.3 Å². The van der Waals surface area contributed by atoms with Gasteiger partial charge in [0.15, 0.2) is 0 Å². The molecule has 0 bridgehead atoms. The normalized spacial score (nSPS) is 16.5. The lowest BCUT2D eigenvalue weighted by molar-refractivity contribution is 0.00784. The van der Waals surface area contributed by atoms with E-state index in [4.69, 9.17) is 0 Å². The number of amides is 2. The fraction of sp³-hybridized carbons (Fsp3) is 0.562. The van der Waals surface area contributed by atoms with Gasteiger partial charge in [-0.1, -0.05) is 26.3 Å². The van der Waals surface area contributed by atoms with Crippen molar-refractivity contribution in [1.82, 2.24) is 10.6 Å². The van der Waals surface area contributed by atoms with Crippen molar-refractivity contribution in [3.8, 4) is 0 Å². The molecule has 0 saturated heterocycles. The Bertz CT molecular complexity index is 521. The van der Waals surface area contributed by atoms with Gasteiger partial charge in [0.1, 0.15) is 11.6 Å². The number of carbonyl (C=O) groups is 1. The van der Waals surface area contributed by atoms with Crippen molar-refractivity contribution >= 4 is 6.03 Å². The summed E-state index contributed by atoms with van der Waals surface area (Å²) in [6, 6.07) is 2.08. The molecule has 0 aliphatic rings. The number of aliphatic hydroxyl groups is 1. The Morgan fingerprint density at radius 2 is 2.00 bits per heavy atom. The van der Waals surface area contributed by atoms with Crippen LogP contribution in [0.2, 0.25) is 0 Å². The van der Waals surface area contributed by atoms with Crippen LogP contribution in [0, 0.1) is 17.6 Å². The van der Waals surface area contributed by atoms with Gasteiger partial charge in [0, 0.05) is 18.2 Å². The largest absolute Gasteiger partial charge is 0.388 e. The quantitative estimate of drug-likeness (QED) is 0.755. The van der Waals surface area contributed by atoms with E-state index in [0.29, 0.717) is 0 Å². The van der Waals surface area contributed by atoms with Gasteiger partial charge in [-0.3, -0.25) is 0 Å². The summed E-state index contributed by atoms with van der Waals surface area (Å²) in [6.45, 7) is 7.20. The molecule has 0 aromatic heterocycles. The zero-order valence-electron chi connectivity index (χ0n) is 13.4. The van der Waals surface area contributed by atoms with Gasteiger partial charge in [-0.25, -0.2) is 13.6 Å². The summed E-state index contributed by atoms with van der Waals surface area (Å²) in [4.78, 5) is 11.8. The van der Waals surface area contributed by atoms with Crippen molar-refractivity contribution in [2.75, 3.05) is 6.54 Å². The molecule has 3 unspecified atom stereocenters. The molecule has 0 fully saturated rings. The van der Waals surface area contributed by atoms with Crippen LogP contribution in [-0.2, 0) is 0 Å². The van der Waals surface area contributed by atoms with E-state index in [1.165, 1.54) is 6.07 Å². The number of benzene rings is 1. The Hall–Kier alpha value is -1.69. The Kier molecular flexibility index (Phi) is 6.29. The van der Waals surface area contributed by atoms with Gasteiger partial charge < -0.3 is 15.7 Å². The van der Waals surface area contributed by atoms with Crippen molar-refractivity contribution in [1.29, 1.82) is 0 Å². The van der Waals surface area contributed by atoms with Crippen molar-refractivity contribution in [2.45, 2.75) is 45.8 Å². The SMILES string of the molecule is CCC(C)C(C)(O)CNC(=O)NC(C)c1ccc(F)cc1F. The molecule has 124 valence electrons. The molecule has 22 heavy (non-hydrogen) atoms. The minimum atomic E-state index is -1.02. The number of rotatable bonds is 6. The van der Waals surface area contributed by atoms with E-state index in [-0.39, 0.29) is 18.0 Å². The van der Waals surface area contributed by atoms with Crippen LogP contribution in [0.15, 0.2) is 18.2 Å². The molecule has 0 heterocycles. The molecule has 0 aliphatic carbocycles. The molecule has 2 amide bonds. The first kappa shape index (κ1) is 18.4. The molecule has 1 rings (SSSR count). The maximum atomic E-state index is 13.6. The summed E-state index contributed by atoms with van der Waals surface area (Å²) in [5, 5.41) is 15.3. The van der Waals surface area contributed by atoms with E-state index in [2.05, 4.69) is 10.6 Å². The highest BCUT2D eigenvalue weighted by Crippen LogP contribution is 2.19. The zero-order valence-corrected chi connectivity index (χ0v) is 13.4. The molecule has 0 aliphatic heterocycles. The van der Waals surface area contributed by atoms with Crippen LogP contribution in [0.25, 0.3) is 0 Å². The second kappa shape index (κ2) is 7.54. The molecule has 6 heteroatoms. The van der Waals surface area contributed by atoms with Crippen molar-refractivity contribution in [3.63, 3.8) is 0 Å². The molecule has 0 saturated carbocycles. The predicted octanol–water partition coefficient (Wildman–Crippen LogP) is 3.12. The first-order valence-electron chi connectivity index (χ1n) is 7.39. The molecule has 0 spiro atoms. The van der Waals surface area contributed by atoms with Crippen LogP contribution >= 0.6 is 0 Å². The molecular formula is C16H24F2N2O2. The Labute approximate surface area is 129 Å². The number of nitrogens with one attached hydrogen (secondary N) is 2. The third kappa shape index (κ3) is 4.94. The number of urea groups is 1. The average Bonchev–Trinajstić information content (AvgIpc) is 2.44. The number of carbonyl (C=O) groups excluding carboxylic acids is 1. The van der Waals surface area contributed by atoms with Crippen molar-refractivity contribution in [3.05, 3.63) is 35.4 Å². The maximum Gasteiger partial charge on any atom is 0.315 e.